The summed E-state index contributed by atoms with van der Waals surface area (Å²) in [5.41, 5.74) is 2.10. The van der Waals surface area contributed by atoms with Gasteiger partial charge in [0.25, 0.3) is 5.56 Å². The van der Waals surface area contributed by atoms with Crippen LogP contribution in [0.1, 0.15) is 36.8 Å². The molecule has 0 radical (unpaired) electrons. The summed E-state index contributed by atoms with van der Waals surface area (Å²) in [5.74, 6) is 0.772. The first-order valence-corrected chi connectivity index (χ1v) is 7.14. The number of fused-ring (bicyclic) bond motifs is 1. The van der Waals surface area contributed by atoms with Crippen LogP contribution in [-0.2, 0) is 6.42 Å². The summed E-state index contributed by atoms with van der Waals surface area (Å²) in [7, 11) is 0. The molecule has 0 aliphatic heterocycles. The van der Waals surface area contributed by atoms with Gasteiger partial charge in [0.2, 0.25) is 0 Å². The van der Waals surface area contributed by atoms with Crippen molar-refractivity contribution in [3.8, 4) is 0 Å². The fraction of sp³-hybridized carbons (Fsp3) is 0.267. The standard InChI is InChI=1S/C15H15ClN4O/c1-8(2)13-12-14(20-19-13)17-11(18-15(12)21)7-9-4-3-5-10(16)6-9/h3-6,8H,7H2,1-2H3,(H2,17,18,19,20,21). The van der Waals surface area contributed by atoms with E-state index in [9.17, 15) is 4.79 Å². The molecule has 0 bridgehead atoms. The van der Waals surface area contributed by atoms with Gasteiger partial charge in [0.15, 0.2) is 5.65 Å². The molecule has 108 valence electrons. The molecule has 0 fully saturated rings. The Morgan fingerprint density at radius 3 is 2.86 bits per heavy atom. The summed E-state index contributed by atoms with van der Waals surface area (Å²) in [5, 5.41) is 8.25. The SMILES string of the molecule is CC(C)c1[nH]nc2nc(Cc3cccc(Cl)c3)[nH]c(=O)c12. The summed E-state index contributed by atoms with van der Waals surface area (Å²) in [6.07, 6.45) is 0.510. The van der Waals surface area contributed by atoms with Crippen LogP contribution in [0.5, 0.6) is 0 Å². The number of nitrogens with zero attached hydrogens (tertiary/aromatic N) is 2. The van der Waals surface area contributed by atoms with Crippen LogP contribution < -0.4 is 5.56 Å². The maximum absolute atomic E-state index is 12.3. The van der Waals surface area contributed by atoms with Gasteiger partial charge in [-0.3, -0.25) is 9.89 Å². The van der Waals surface area contributed by atoms with Crippen molar-refractivity contribution in [3.05, 3.63) is 56.7 Å². The van der Waals surface area contributed by atoms with Gasteiger partial charge < -0.3 is 4.98 Å². The average molecular weight is 303 g/mol. The molecule has 0 aliphatic carbocycles. The molecule has 0 unspecified atom stereocenters. The number of nitrogens with one attached hydrogen (secondary N) is 2. The van der Waals surface area contributed by atoms with Crippen LogP contribution in [0.3, 0.4) is 0 Å². The number of hydrogen-bond donors (Lipinski definition) is 2. The minimum atomic E-state index is -0.158. The first kappa shape index (κ1) is 13.8. The molecule has 0 saturated heterocycles. The van der Waals surface area contributed by atoms with E-state index in [4.69, 9.17) is 11.6 Å². The monoisotopic (exact) mass is 302 g/mol. The highest BCUT2D eigenvalue weighted by molar-refractivity contribution is 6.30. The second-order valence-electron chi connectivity index (χ2n) is 5.31. The number of benzene rings is 1. The molecule has 3 rings (SSSR count). The fourth-order valence-electron chi connectivity index (χ4n) is 2.34. The van der Waals surface area contributed by atoms with E-state index in [1.807, 2.05) is 38.1 Å². The fourth-order valence-corrected chi connectivity index (χ4v) is 2.55. The molecule has 2 N–H and O–H groups in total. The smallest absolute Gasteiger partial charge is 0.262 e. The van der Waals surface area contributed by atoms with Gasteiger partial charge in [-0.2, -0.15) is 5.10 Å². The zero-order valence-corrected chi connectivity index (χ0v) is 12.5. The lowest BCUT2D eigenvalue weighted by atomic mass is 10.1. The van der Waals surface area contributed by atoms with Gasteiger partial charge in [-0.15, -0.1) is 0 Å². The molecular weight excluding hydrogens is 288 g/mol. The van der Waals surface area contributed by atoms with E-state index >= 15 is 0 Å². The molecule has 5 nitrogen and oxygen atoms in total. The van der Waals surface area contributed by atoms with Gasteiger partial charge in [0, 0.05) is 11.4 Å². The summed E-state index contributed by atoms with van der Waals surface area (Å²) in [4.78, 5) is 19.5. The van der Waals surface area contributed by atoms with Crippen molar-refractivity contribution in [3.63, 3.8) is 0 Å². The molecule has 0 saturated carbocycles. The lowest BCUT2D eigenvalue weighted by molar-refractivity contribution is 0.817. The normalized spacial score (nSPS) is 11.4. The largest absolute Gasteiger partial charge is 0.310 e. The number of H-pyrrole nitrogens is 2. The Hall–Kier alpha value is -2.14. The average Bonchev–Trinajstić information content (AvgIpc) is 2.83. The van der Waals surface area contributed by atoms with E-state index in [1.165, 1.54) is 0 Å². The van der Waals surface area contributed by atoms with Crippen molar-refractivity contribution in [2.24, 2.45) is 0 Å². The van der Waals surface area contributed by atoms with E-state index in [1.54, 1.807) is 0 Å². The third-order valence-electron chi connectivity index (χ3n) is 3.34. The van der Waals surface area contributed by atoms with Gasteiger partial charge in [-0.25, -0.2) is 4.98 Å². The van der Waals surface area contributed by atoms with Crippen molar-refractivity contribution in [1.82, 2.24) is 20.2 Å². The van der Waals surface area contributed by atoms with E-state index < -0.39 is 0 Å². The Kier molecular flexibility index (Phi) is 3.51. The number of halogens is 1. The second kappa shape index (κ2) is 5.33. The lowest BCUT2D eigenvalue weighted by Gasteiger charge is -2.03. The molecule has 0 spiro atoms. The molecule has 0 atom stereocenters. The molecule has 0 amide bonds. The van der Waals surface area contributed by atoms with Crippen molar-refractivity contribution in [2.75, 3.05) is 0 Å². The quantitative estimate of drug-likeness (QED) is 0.781. The van der Waals surface area contributed by atoms with Crippen LogP contribution in [-0.4, -0.2) is 20.2 Å². The molecule has 21 heavy (non-hydrogen) atoms. The highest BCUT2D eigenvalue weighted by Gasteiger charge is 2.14. The lowest BCUT2D eigenvalue weighted by Crippen LogP contribution is -2.13. The van der Waals surface area contributed by atoms with Crippen molar-refractivity contribution in [2.45, 2.75) is 26.2 Å². The Morgan fingerprint density at radius 1 is 1.33 bits per heavy atom. The number of aromatic amines is 2. The van der Waals surface area contributed by atoms with Crippen LogP contribution >= 0.6 is 11.6 Å². The van der Waals surface area contributed by atoms with Crippen LogP contribution in [0.4, 0.5) is 0 Å². The Bertz CT molecular complexity index is 850. The topological polar surface area (TPSA) is 74.4 Å². The maximum Gasteiger partial charge on any atom is 0.262 e. The van der Waals surface area contributed by atoms with E-state index in [0.717, 1.165) is 11.3 Å². The number of hydrogen-bond acceptors (Lipinski definition) is 3. The third kappa shape index (κ3) is 2.69. The van der Waals surface area contributed by atoms with Crippen LogP contribution in [0.25, 0.3) is 11.0 Å². The minimum absolute atomic E-state index is 0.158. The minimum Gasteiger partial charge on any atom is -0.310 e. The van der Waals surface area contributed by atoms with Gasteiger partial charge in [0.1, 0.15) is 11.2 Å². The van der Waals surface area contributed by atoms with Crippen LogP contribution in [0, 0.1) is 0 Å². The Balaban J connectivity index is 2.04. The van der Waals surface area contributed by atoms with E-state index in [0.29, 0.717) is 28.3 Å². The first-order valence-electron chi connectivity index (χ1n) is 6.76. The Labute approximate surface area is 126 Å². The number of aromatic nitrogens is 4. The maximum atomic E-state index is 12.3. The Morgan fingerprint density at radius 2 is 2.14 bits per heavy atom. The van der Waals surface area contributed by atoms with Gasteiger partial charge in [-0.1, -0.05) is 37.6 Å². The summed E-state index contributed by atoms with van der Waals surface area (Å²) in [6.45, 7) is 4.01. The first-order chi connectivity index (χ1) is 10.0. The zero-order valence-electron chi connectivity index (χ0n) is 11.8. The number of rotatable bonds is 3. The molecule has 1 aromatic carbocycles. The summed E-state index contributed by atoms with van der Waals surface area (Å²) in [6, 6.07) is 7.49. The second-order valence-corrected chi connectivity index (χ2v) is 5.75. The molecule has 6 heteroatoms. The van der Waals surface area contributed by atoms with E-state index in [-0.39, 0.29) is 11.5 Å². The van der Waals surface area contributed by atoms with E-state index in [2.05, 4.69) is 20.2 Å². The van der Waals surface area contributed by atoms with Gasteiger partial charge >= 0.3 is 0 Å². The molecule has 0 aliphatic rings. The van der Waals surface area contributed by atoms with Crippen LogP contribution in [0.15, 0.2) is 29.1 Å². The summed E-state index contributed by atoms with van der Waals surface area (Å²) >= 11 is 5.97. The molecule has 3 aromatic rings. The third-order valence-corrected chi connectivity index (χ3v) is 3.57. The highest BCUT2D eigenvalue weighted by atomic mass is 35.5. The zero-order chi connectivity index (χ0) is 15.0. The van der Waals surface area contributed by atoms with Gasteiger partial charge in [0.05, 0.1) is 5.69 Å². The molecule has 2 heterocycles. The van der Waals surface area contributed by atoms with Crippen LogP contribution in [0.2, 0.25) is 5.02 Å². The predicted octanol–water partition coefficient (Wildman–Crippen LogP) is 3.01. The van der Waals surface area contributed by atoms with Crippen molar-refractivity contribution in [1.29, 1.82) is 0 Å². The van der Waals surface area contributed by atoms with Crippen molar-refractivity contribution >= 4 is 22.6 Å². The molecular formula is C15H15ClN4O. The summed E-state index contributed by atoms with van der Waals surface area (Å²) < 4.78 is 0. The van der Waals surface area contributed by atoms with Crippen molar-refractivity contribution < 1.29 is 0 Å². The predicted molar refractivity (Wildman–Crippen MR) is 82.9 cm³/mol. The molecule has 2 aromatic heterocycles. The van der Waals surface area contributed by atoms with Gasteiger partial charge in [-0.05, 0) is 23.6 Å². The highest BCUT2D eigenvalue weighted by Crippen LogP contribution is 2.19.